The van der Waals surface area contributed by atoms with Crippen molar-refractivity contribution in [3.63, 3.8) is 0 Å². The third-order valence-electron chi connectivity index (χ3n) is 3.81. The molecule has 0 amide bonds. The number of nitrogens with zero attached hydrogens (tertiary/aromatic N) is 3. The molecule has 5 nitrogen and oxygen atoms in total. The van der Waals surface area contributed by atoms with E-state index in [0.717, 1.165) is 11.5 Å². The monoisotopic (exact) mass is 319 g/mol. The second kappa shape index (κ2) is 6.20. The van der Waals surface area contributed by atoms with Crippen molar-refractivity contribution < 1.29 is 9.47 Å². The highest BCUT2D eigenvalue weighted by Gasteiger charge is 2.24. The lowest BCUT2D eigenvalue weighted by Crippen LogP contribution is -2.13. The quantitative estimate of drug-likeness (QED) is 0.738. The lowest BCUT2D eigenvalue weighted by atomic mass is 10.1. The molecule has 0 saturated heterocycles. The van der Waals surface area contributed by atoms with Gasteiger partial charge in [0.25, 0.3) is 0 Å². The summed E-state index contributed by atoms with van der Waals surface area (Å²) in [6.45, 7) is 1.96. The van der Waals surface area contributed by atoms with Crippen LogP contribution in [0.2, 0.25) is 0 Å². The van der Waals surface area contributed by atoms with Crippen molar-refractivity contribution >= 4 is 5.76 Å². The van der Waals surface area contributed by atoms with Gasteiger partial charge in [-0.15, -0.1) is 0 Å². The van der Waals surface area contributed by atoms with E-state index in [1.54, 1.807) is 12.5 Å². The van der Waals surface area contributed by atoms with E-state index in [-0.39, 0.29) is 6.29 Å². The summed E-state index contributed by atoms with van der Waals surface area (Å²) in [5.41, 5.74) is 2.12. The maximum Gasteiger partial charge on any atom is 0.244 e. The summed E-state index contributed by atoms with van der Waals surface area (Å²) in [6, 6.07) is 16.0. The van der Waals surface area contributed by atoms with Crippen LogP contribution in [-0.2, 0) is 15.9 Å². The normalized spacial score (nSPS) is 16.4. The Bertz CT molecular complexity index is 871. The van der Waals surface area contributed by atoms with Gasteiger partial charge in [-0.2, -0.15) is 0 Å². The largest absolute Gasteiger partial charge is 0.458 e. The molecule has 0 bridgehead atoms. The Morgan fingerprint density at radius 3 is 2.79 bits per heavy atom. The van der Waals surface area contributed by atoms with Crippen LogP contribution < -0.4 is 0 Å². The fourth-order valence-electron chi connectivity index (χ4n) is 2.67. The van der Waals surface area contributed by atoms with Gasteiger partial charge in [-0.25, -0.2) is 9.97 Å². The van der Waals surface area contributed by atoms with Crippen LogP contribution in [0.1, 0.15) is 17.1 Å². The van der Waals surface area contributed by atoms with Gasteiger partial charge in [-0.1, -0.05) is 36.4 Å². The molecule has 3 aromatic rings. The van der Waals surface area contributed by atoms with E-state index >= 15 is 0 Å². The third kappa shape index (κ3) is 2.88. The molecule has 0 spiro atoms. The fourth-order valence-corrected chi connectivity index (χ4v) is 2.67. The maximum absolute atomic E-state index is 5.93. The summed E-state index contributed by atoms with van der Waals surface area (Å²) in [6.07, 6.45) is 5.57. The lowest BCUT2D eigenvalue weighted by Gasteiger charge is -2.12. The minimum Gasteiger partial charge on any atom is -0.458 e. The number of imidazole rings is 1. The minimum atomic E-state index is -0.335. The van der Waals surface area contributed by atoms with Crippen LogP contribution in [0.4, 0.5) is 0 Å². The molecule has 24 heavy (non-hydrogen) atoms. The molecule has 5 heteroatoms. The van der Waals surface area contributed by atoms with Gasteiger partial charge in [-0.05, 0) is 24.6 Å². The molecule has 1 unspecified atom stereocenters. The van der Waals surface area contributed by atoms with Gasteiger partial charge in [0.05, 0.1) is 0 Å². The first-order valence-electron chi connectivity index (χ1n) is 7.83. The number of ether oxygens (including phenoxy) is 2. The first-order valence-corrected chi connectivity index (χ1v) is 7.83. The molecule has 3 heterocycles. The van der Waals surface area contributed by atoms with Crippen LogP contribution in [-0.4, -0.2) is 20.8 Å². The van der Waals surface area contributed by atoms with Crippen molar-refractivity contribution in [3.05, 3.63) is 84.3 Å². The number of benzene rings is 1. The van der Waals surface area contributed by atoms with E-state index in [2.05, 4.69) is 22.1 Å². The highest BCUT2D eigenvalue weighted by Crippen LogP contribution is 2.26. The Balaban J connectivity index is 1.53. The topological polar surface area (TPSA) is 49.2 Å². The zero-order valence-corrected chi connectivity index (χ0v) is 13.3. The summed E-state index contributed by atoms with van der Waals surface area (Å²) >= 11 is 0. The molecule has 1 atom stereocenters. The molecule has 0 aliphatic carbocycles. The SMILES string of the molecule is Cc1cccc(-n2ccnc2C2=COC(Cc3ccccc3)O2)n1. The molecule has 0 N–H and O–H groups in total. The average molecular weight is 319 g/mol. The molecular weight excluding hydrogens is 302 g/mol. The Morgan fingerprint density at radius 2 is 1.96 bits per heavy atom. The average Bonchev–Trinajstić information content (AvgIpc) is 3.24. The molecule has 120 valence electrons. The van der Waals surface area contributed by atoms with Gasteiger partial charge in [0.2, 0.25) is 12.0 Å². The predicted molar refractivity (Wildman–Crippen MR) is 90.2 cm³/mol. The smallest absolute Gasteiger partial charge is 0.244 e. The van der Waals surface area contributed by atoms with E-state index < -0.39 is 0 Å². The number of aromatic nitrogens is 3. The van der Waals surface area contributed by atoms with Crippen molar-refractivity contribution in [2.45, 2.75) is 19.6 Å². The van der Waals surface area contributed by atoms with Gasteiger partial charge in [-0.3, -0.25) is 4.57 Å². The summed E-state index contributed by atoms with van der Waals surface area (Å²) in [7, 11) is 0. The highest BCUT2D eigenvalue weighted by atomic mass is 16.7. The first-order chi connectivity index (χ1) is 11.8. The molecule has 1 aliphatic rings. The standard InChI is InChI=1S/C19H17N3O2/c1-14-6-5-9-17(21-14)22-11-10-20-19(22)16-13-23-18(24-16)12-15-7-3-2-4-8-15/h2-11,13,18H,12H2,1H3. The molecule has 4 rings (SSSR count). The highest BCUT2D eigenvalue weighted by molar-refractivity contribution is 5.55. The van der Waals surface area contributed by atoms with E-state index in [4.69, 9.17) is 9.47 Å². The Kier molecular flexibility index (Phi) is 3.75. The molecular formula is C19H17N3O2. The number of hydrogen-bond acceptors (Lipinski definition) is 4. The number of hydrogen-bond donors (Lipinski definition) is 0. The molecule has 1 aliphatic heterocycles. The third-order valence-corrected chi connectivity index (χ3v) is 3.81. The zero-order chi connectivity index (χ0) is 16.4. The first kappa shape index (κ1) is 14.5. The second-order valence-electron chi connectivity index (χ2n) is 5.61. The van der Waals surface area contributed by atoms with Crippen LogP contribution >= 0.6 is 0 Å². The maximum atomic E-state index is 5.93. The summed E-state index contributed by atoms with van der Waals surface area (Å²) < 4.78 is 13.5. The van der Waals surface area contributed by atoms with E-state index in [9.17, 15) is 0 Å². The Hall–Kier alpha value is -3.08. The molecule has 0 radical (unpaired) electrons. The van der Waals surface area contributed by atoms with Gasteiger partial charge in [0.15, 0.2) is 5.82 Å². The van der Waals surface area contributed by atoms with Gasteiger partial charge >= 0.3 is 0 Å². The summed E-state index contributed by atoms with van der Waals surface area (Å²) in [5, 5.41) is 0. The van der Waals surface area contributed by atoms with Crippen LogP contribution in [0.3, 0.4) is 0 Å². The second-order valence-corrected chi connectivity index (χ2v) is 5.61. The number of aryl methyl sites for hydroxylation is 1. The van der Waals surface area contributed by atoms with E-state index in [1.165, 1.54) is 5.56 Å². The summed E-state index contributed by atoms with van der Waals surface area (Å²) in [4.78, 5) is 8.93. The van der Waals surface area contributed by atoms with Gasteiger partial charge in [0, 0.05) is 24.5 Å². The van der Waals surface area contributed by atoms with Crippen molar-refractivity contribution in [2.75, 3.05) is 0 Å². The predicted octanol–water partition coefficient (Wildman–Crippen LogP) is 3.49. The van der Waals surface area contributed by atoms with E-state index in [0.29, 0.717) is 18.0 Å². The van der Waals surface area contributed by atoms with Crippen molar-refractivity contribution in [3.8, 4) is 5.82 Å². The Morgan fingerprint density at radius 1 is 1.08 bits per heavy atom. The van der Waals surface area contributed by atoms with Crippen LogP contribution in [0.5, 0.6) is 0 Å². The van der Waals surface area contributed by atoms with Crippen LogP contribution in [0, 0.1) is 6.92 Å². The van der Waals surface area contributed by atoms with Crippen LogP contribution in [0.25, 0.3) is 11.6 Å². The van der Waals surface area contributed by atoms with Crippen molar-refractivity contribution in [1.29, 1.82) is 0 Å². The minimum absolute atomic E-state index is 0.335. The molecule has 0 fully saturated rings. The molecule has 1 aromatic carbocycles. The Labute approximate surface area is 140 Å². The number of pyridine rings is 1. The molecule has 0 saturated carbocycles. The lowest BCUT2D eigenvalue weighted by molar-refractivity contribution is -0.0140. The van der Waals surface area contributed by atoms with Crippen molar-refractivity contribution in [2.24, 2.45) is 0 Å². The van der Waals surface area contributed by atoms with Crippen LogP contribution in [0.15, 0.2) is 67.2 Å². The van der Waals surface area contributed by atoms with Gasteiger partial charge < -0.3 is 9.47 Å². The molecule has 2 aromatic heterocycles. The van der Waals surface area contributed by atoms with E-state index in [1.807, 2.05) is 54.1 Å². The summed E-state index contributed by atoms with van der Waals surface area (Å²) in [5.74, 6) is 2.10. The van der Waals surface area contributed by atoms with Gasteiger partial charge in [0.1, 0.15) is 12.1 Å². The van der Waals surface area contributed by atoms with Crippen molar-refractivity contribution in [1.82, 2.24) is 14.5 Å². The zero-order valence-electron chi connectivity index (χ0n) is 13.3. The number of rotatable bonds is 4. The fraction of sp³-hybridized carbons (Fsp3) is 0.158.